The second kappa shape index (κ2) is 9.56. The highest BCUT2D eigenvalue weighted by Gasteiger charge is 2.37. The molecule has 1 aliphatic heterocycles. The van der Waals surface area contributed by atoms with E-state index in [-0.39, 0.29) is 24.2 Å². The molecule has 2 heterocycles. The molecule has 0 radical (unpaired) electrons. The minimum absolute atomic E-state index is 0.185. The van der Waals surface area contributed by atoms with Crippen molar-refractivity contribution in [3.05, 3.63) is 64.1 Å². The van der Waals surface area contributed by atoms with Crippen LogP contribution in [-0.4, -0.2) is 35.0 Å². The van der Waals surface area contributed by atoms with Gasteiger partial charge in [-0.1, -0.05) is 17.7 Å². The fraction of sp³-hybridized carbons (Fsp3) is 0.333. The van der Waals surface area contributed by atoms with Gasteiger partial charge in [-0.05, 0) is 38.1 Å². The van der Waals surface area contributed by atoms with E-state index in [1.807, 2.05) is 6.92 Å². The molecule has 0 saturated carbocycles. The van der Waals surface area contributed by atoms with Crippen LogP contribution in [0.15, 0.2) is 53.0 Å². The first-order valence-corrected chi connectivity index (χ1v) is 10.2. The minimum atomic E-state index is -4.68. The summed E-state index contributed by atoms with van der Waals surface area (Å²) in [5.41, 5.74) is 7.13. The van der Waals surface area contributed by atoms with Crippen molar-refractivity contribution in [2.24, 2.45) is 5.11 Å². The fourth-order valence-electron chi connectivity index (χ4n) is 3.49. The van der Waals surface area contributed by atoms with E-state index in [2.05, 4.69) is 15.4 Å². The number of rotatable bonds is 6. The predicted molar refractivity (Wildman–Crippen MR) is 113 cm³/mol. The summed E-state index contributed by atoms with van der Waals surface area (Å²) >= 11 is 5.93. The van der Waals surface area contributed by atoms with Gasteiger partial charge in [0, 0.05) is 24.9 Å². The standard InChI is InChI=1S/C21H21ClF3N5O2/c1-3-32-16-8-5-10-27-19(16)28-15-9-11-30(12(2)18(15)29-26)20(31)13-6-4-7-14(17(13)22)21(23,24)25/h4-8,10,12,26H,3,9,11H2,1-2H3,(H,27,28)/t12-/m1/s1. The van der Waals surface area contributed by atoms with Crippen molar-refractivity contribution in [2.75, 3.05) is 18.5 Å². The molecule has 1 amide bonds. The Morgan fingerprint density at radius 1 is 1.38 bits per heavy atom. The molecule has 1 aliphatic rings. The van der Waals surface area contributed by atoms with Crippen LogP contribution in [0.25, 0.3) is 0 Å². The number of benzene rings is 1. The normalized spacial score (nSPS) is 16.7. The maximum absolute atomic E-state index is 13.2. The van der Waals surface area contributed by atoms with Crippen LogP contribution in [-0.2, 0) is 6.18 Å². The molecule has 0 spiro atoms. The number of anilines is 1. The molecule has 170 valence electrons. The van der Waals surface area contributed by atoms with Gasteiger partial charge in [0.05, 0.1) is 28.8 Å². The largest absolute Gasteiger partial charge is 0.490 e. The minimum Gasteiger partial charge on any atom is -0.490 e. The number of carbonyl (C=O) groups is 1. The summed E-state index contributed by atoms with van der Waals surface area (Å²) < 4.78 is 45.1. The van der Waals surface area contributed by atoms with E-state index in [1.54, 1.807) is 25.3 Å². The number of hydrogen-bond donors (Lipinski definition) is 2. The number of alkyl halides is 3. The highest BCUT2D eigenvalue weighted by atomic mass is 35.5. The molecule has 7 nitrogen and oxygen atoms in total. The average Bonchev–Trinajstić information content (AvgIpc) is 2.74. The maximum Gasteiger partial charge on any atom is 0.417 e. The predicted octanol–water partition coefficient (Wildman–Crippen LogP) is 5.74. The highest BCUT2D eigenvalue weighted by molar-refractivity contribution is 6.34. The van der Waals surface area contributed by atoms with Crippen molar-refractivity contribution in [3.63, 3.8) is 0 Å². The van der Waals surface area contributed by atoms with Gasteiger partial charge in [0.2, 0.25) is 0 Å². The molecule has 1 atom stereocenters. The van der Waals surface area contributed by atoms with Gasteiger partial charge < -0.3 is 15.0 Å². The van der Waals surface area contributed by atoms with Gasteiger partial charge in [0.25, 0.3) is 5.91 Å². The molecule has 0 unspecified atom stereocenters. The van der Waals surface area contributed by atoms with Crippen molar-refractivity contribution in [1.29, 1.82) is 5.53 Å². The number of hydrogen-bond acceptors (Lipinski definition) is 6. The number of nitrogens with zero attached hydrogens (tertiary/aromatic N) is 3. The van der Waals surface area contributed by atoms with Crippen molar-refractivity contribution in [1.82, 2.24) is 9.88 Å². The molecule has 3 rings (SSSR count). The first-order valence-electron chi connectivity index (χ1n) is 9.81. The van der Waals surface area contributed by atoms with Crippen LogP contribution in [0.5, 0.6) is 5.75 Å². The van der Waals surface area contributed by atoms with Gasteiger partial charge in [0.1, 0.15) is 5.70 Å². The van der Waals surface area contributed by atoms with Crippen LogP contribution in [0.1, 0.15) is 36.2 Å². The van der Waals surface area contributed by atoms with E-state index in [9.17, 15) is 18.0 Å². The molecule has 11 heteroatoms. The second-order valence-corrected chi connectivity index (χ2v) is 7.35. The Morgan fingerprint density at radius 3 is 2.78 bits per heavy atom. The van der Waals surface area contributed by atoms with E-state index in [0.717, 1.165) is 12.1 Å². The Hall–Kier alpha value is -3.14. The molecule has 2 aromatic rings. The van der Waals surface area contributed by atoms with Crippen LogP contribution in [0.4, 0.5) is 19.0 Å². The highest BCUT2D eigenvalue weighted by Crippen LogP contribution is 2.37. The van der Waals surface area contributed by atoms with Gasteiger partial charge >= 0.3 is 6.18 Å². The van der Waals surface area contributed by atoms with E-state index in [1.165, 1.54) is 11.0 Å². The van der Waals surface area contributed by atoms with Crippen LogP contribution >= 0.6 is 11.6 Å². The third-order valence-electron chi connectivity index (χ3n) is 5.03. The van der Waals surface area contributed by atoms with Gasteiger partial charge in [-0.2, -0.15) is 18.3 Å². The summed E-state index contributed by atoms with van der Waals surface area (Å²) in [6, 6.07) is 6.02. The summed E-state index contributed by atoms with van der Waals surface area (Å²) in [6.07, 6.45) is -2.81. The van der Waals surface area contributed by atoms with E-state index in [0.29, 0.717) is 23.9 Å². The van der Waals surface area contributed by atoms with Crippen LogP contribution < -0.4 is 10.1 Å². The Kier molecular flexibility index (Phi) is 7.02. The molecule has 1 aromatic heterocycles. The average molecular weight is 468 g/mol. The number of aromatic nitrogens is 1. The molecular formula is C21H21ClF3N5O2. The molecule has 1 aromatic carbocycles. The topological polar surface area (TPSA) is 90.7 Å². The first-order chi connectivity index (χ1) is 15.2. The van der Waals surface area contributed by atoms with Gasteiger partial charge in [-0.15, -0.1) is 0 Å². The van der Waals surface area contributed by atoms with Crippen molar-refractivity contribution in [2.45, 2.75) is 32.5 Å². The lowest BCUT2D eigenvalue weighted by Gasteiger charge is -2.35. The first kappa shape index (κ1) is 23.5. The molecule has 2 N–H and O–H groups in total. The molecule has 0 bridgehead atoms. The Bertz CT molecular complexity index is 1060. The summed E-state index contributed by atoms with van der Waals surface area (Å²) in [7, 11) is 0. The zero-order valence-electron chi connectivity index (χ0n) is 17.3. The summed E-state index contributed by atoms with van der Waals surface area (Å²) in [5.74, 6) is 0.300. The number of halogens is 4. The van der Waals surface area contributed by atoms with E-state index in [4.69, 9.17) is 21.9 Å². The second-order valence-electron chi connectivity index (χ2n) is 6.97. The third kappa shape index (κ3) is 4.69. The summed E-state index contributed by atoms with van der Waals surface area (Å²) in [6.45, 7) is 4.11. The fourth-order valence-corrected chi connectivity index (χ4v) is 3.80. The summed E-state index contributed by atoms with van der Waals surface area (Å²) in [4.78, 5) is 18.7. The number of nitrogens with one attached hydrogen (secondary N) is 2. The molecule has 32 heavy (non-hydrogen) atoms. The lowest BCUT2D eigenvalue weighted by atomic mass is 10.0. The summed E-state index contributed by atoms with van der Waals surface area (Å²) in [5, 5.41) is 6.05. The zero-order valence-corrected chi connectivity index (χ0v) is 18.1. The number of pyridine rings is 1. The lowest BCUT2D eigenvalue weighted by molar-refractivity contribution is -0.137. The van der Waals surface area contributed by atoms with E-state index >= 15 is 0 Å². The Labute approximate surface area is 187 Å². The Balaban J connectivity index is 1.90. The molecule has 0 saturated heterocycles. The SMILES string of the molecule is CCOc1cccnc1NC1=C(N=N)[C@@H](C)N(C(=O)c2cccc(C(F)(F)F)c2Cl)CC1. The van der Waals surface area contributed by atoms with Crippen LogP contribution in [0, 0.1) is 5.53 Å². The van der Waals surface area contributed by atoms with Crippen LogP contribution in [0.3, 0.4) is 0 Å². The van der Waals surface area contributed by atoms with Crippen LogP contribution in [0.2, 0.25) is 5.02 Å². The molecule has 0 aliphatic carbocycles. The monoisotopic (exact) mass is 467 g/mol. The quantitative estimate of drug-likeness (QED) is 0.530. The smallest absolute Gasteiger partial charge is 0.417 e. The third-order valence-corrected chi connectivity index (χ3v) is 5.44. The molecular weight excluding hydrogens is 447 g/mol. The van der Waals surface area contributed by atoms with Gasteiger partial charge in [-0.25, -0.2) is 10.5 Å². The van der Waals surface area contributed by atoms with Gasteiger partial charge in [-0.3, -0.25) is 4.79 Å². The van der Waals surface area contributed by atoms with Crippen molar-refractivity contribution < 1.29 is 22.7 Å². The lowest BCUT2D eigenvalue weighted by Crippen LogP contribution is -2.44. The Morgan fingerprint density at radius 2 is 2.12 bits per heavy atom. The van der Waals surface area contributed by atoms with Crippen molar-refractivity contribution >= 4 is 23.3 Å². The van der Waals surface area contributed by atoms with Gasteiger partial charge in [0.15, 0.2) is 11.6 Å². The van der Waals surface area contributed by atoms with Crippen molar-refractivity contribution in [3.8, 4) is 5.75 Å². The number of ether oxygens (including phenoxy) is 1. The zero-order chi connectivity index (χ0) is 23.5. The molecule has 0 fully saturated rings. The number of carbonyl (C=O) groups excluding carboxylic acids is 1. The maximum atomic E-state index is 13.2. The number of amides is 1. The van der Waals surface area contributed by atoms with E-state index < -0.39 is 28.7 Å².